The molecule has 2 amide bonds. The minimum absolute atomic E-state index is 0.182. The van der Waals surface area contributed by atoms with Crippen molar-refractivity contribution in [3.8, 4) is 11.3 Å². The predicted molar refractivity (Wildman–Crippen MR) is 121 cm³/mol. The summed E-state index contributed by atoms with van der Waals surface area (Å²) in [5.74, 6) is 0.478. The zero-order valence-electron chi connectivity index (χ0n) is 17.2. The molecule has 6 heteroatoms. The maximum absolute atomic E-state index is 12.7. The Morgan fingerprint density at radius 3 is 2.70 bits per heavy atom. The molecule has 1 N–H and O–H groups in total. The van der Waals surface area contributed by atoms with Crippen LogP contribution in [0, 0.1) is 0 Å². The molecule has 0 radical (unpaired) electrons. The maximum atomic E-state index is 12.7. The topological polar surface area (TPSA) is 62.3 Å². The molecular formula is C24H25N3O2S. The summed E-state index contributed by atoms with van der Waals surface area (Å²) >= 11 is 1.41. The highest BCUT2D eigenvalue weighted by Gasteiger charge is 2.20. The second kappa shape index (κ2) is 8.79. The molecule has 0 atom stereocenters. The SMILES string of the molecule is CC(C)c1ccc(-c2csc(NC(=O)c3cccc(CN4CCCC4=O)c3)n2)cc1. The van der Waals surface area contributed by atoms with Crippen molar-refractivity contribution in [2.45, 2.75) is 39.2 Å². The number of carbonyl (C=O) groups is 2. The number of hydrogen-bond donors (Lipinski definition) is 1. The molecule has 3 aromatic rings. The number of likely N-dealkylation sites (tertiary alicyclic amines) is 1. The normalized spacial score (nSPS) is 13.8. The molecule has 0 unspecified atom stereocenters. The summed E-state index contributed by atoms with van der Waals surface area (Å²) in [4.78, 5) is 31.0. The molecule has 5 nitrogen and oxygen atoms in total. The fourth-order valence-corrected chi connectivity index (χ4v) is 4.29. The number of benzene rings is 2. The van der Waals surface area contributed by atoms with E-state index in [9.17, 15) is 9.59 Å². The second-order valence-corrected chi connectivity index (χ2v) is 8.75. The van der Waals surface area contributed by atoms with Crippen molar-refractivity contribution in [2.75, 3.05) is 11.9 Å². The third-order valence-corrected chi connectivity index (χ3v) is 6.09. The summed E-state index contributed by atoms with van der Waals surface area (Å²) in [5, 5.41) is 5.42. The molecule has 1 saturated heterocycles. The summed E-state index contributed by atoms with van der Waals surface area (Å²) < 4.78 is 0. The lowest BCUT2D eigenvalue weighted by molar-refractivity contribution is -0.128. The van der Waals surface area contributed by atoms with Crippen LogP contribution in [-0.4, -0.2) is 28.2 Å². The highest BCUT2D eigenvalue weighted by atomic mass is 32.1. The Labute approximate surface area is 180 Å². The first-order chi connectivity index (χ1) is 14.5. The van der Waals surface area contributed by atoms with Crippen LogP contribution in [0.4, 0.5) is 5.13 Å². The first-order valence-corrected chi connectivity index (χ1v) is 11.1. The van der Waals surface area contributed by atoms with E-state index >= 15 is 0 Å². The lowest BCUT2D eigenvalue weighted by Crippen LogP contribution is -2.24. The molecule has 30 heavy (non-hydrogen) atoms. The van der Waals surface area contributed by atoms with E-state index in [1.165, 1.54) is 16.9 Å². The summed E-state index contributed by atoms with van der Waals surface area (Å²) in [6.45, 7) is 5.68. The lowest BCUT2D eigenvalue weighted by atomic mass is 10.0. The number of thiazole rings is 1. The van der Waals surface area contributed by atoms with Crippen molar-refractivity contribution in [1.29, 1.82) is 0 Å². The third-order valence-electron chi connectivity index (χ3n) is 5.33. The van der Waals surface area contributed by atoms with Gasteiger partial charge in [-0.15, -0.1) is 11.3 Å². The zero-order valence-corrected chi connectivity index (χ0v) is 18.0. The summed E-state index contributed by atoms with van der Waals surface area (Å²) in [7, 11) is 0. The largest absolute Gasteiger partial charge is 0.338 e. The van der Waals surface area contributed by atoms with Crippen molar-refractivity contribution < 1.29 is 9.59 Å². The van der Waals surface area contributed by atoms with Gasteiger partial charge in [-0.3, -0.25) is 14.9 Å². The minimum Gasteiger partial charge on any atom is -0.338 e. The van der Waals surface area contributed by atoms with Gasteiger partial charge in [0.2, 0.25) is 5.91 Å². The minimum atomic E-state index is -0.194. The van der Waals surface area contributed by atoms with Crippen LogP contribution in [0.3, 0.4) is 0 Å². The van der Waals surface area contributed by atoms with Gasteiger partial charge in [0.1, 0.15) is 0 Å². The summed E-state index contributed by atoms with van der Waals surface area (Å²) in [6.07, 6.45) is 1.53. The first-order valence-electron chi connectivity index (χ1n) is 10.2. The summed E-state index contributed by atoms with van der Waals surface area (Å²) in [5.41, 5.74) is 4.71. The van der Waals surface area contributed by atoms with E-state index < -0.39 is 0 Å². The van der Waals surface area contributed by atoms with E-state index in [2.05, 4.69) is 48.4 Å². The Bertz CT molecular complexity index is 1060. The van der Waals surface area contributed by atoms with Crippen LogP contribution in [-0.2, 0) is 11.3 Å². The van der Waals surface area contributed by atoms with Crippen LogP contribution in [0.15, 0.2) is 53.9 Å². The molecule has 1 fully saturated rings. The standard InChI is InChI=1S/C24H25N3O2S/c1-16(2)18-8-10-19(11-9-18)21-15-30-24(25-21)26-23(29)20-6-3-5-17(13-20)14-27-12-4-7-22(27)28/h3,5-6,8-11,13,15-16H,4,7,12,14H2,1-2H3,(H,25,26,29). The Morgan fingerprint density at radius 2 is 2.00 bits per heavy atom. The van der Waals surface area contributed by atoms with Gasteiger partial charge < -0.3 is 4.90 Å². The van der Waals surface area contributed by atoms with E-state index in [-0.39, 0.29) is 11.8 Å². The van der Waals surface area contributed by atoms with E-state index in [4.69, 9.17) is 0 Å². The van der Waals surface area contributed by atoms with Gasteiger partial charge in [-0.1, -0.05) is 50.2 Å². The number of anilines is 1. The number of amides is 2. The highest BCUT2D eigenvalue weighted by molar-refractivity contribution is 7.14. The number of nitrogens with one attached hydrogen (secondary N) is 1. The smallest absolute Gasteiger partial charge is 0.257 e. The molecule has 0 aliphatic carbocycles. The van der Waals surface area contributed by atoms with Gasteiger partial charge in [0, 0.05) is 36.0 Å². The van der Waals surface area contributed by atoms with Gasteiger partial charge in [-0.2, -0.15) is 0 Å². The van der Waals surface area contributed by atoms with E-state index in [1.807, 2.05) is 28.5 Å². The van der Waals surface area contributed by atoms with Gasteiger partial charge in [0.05, 0.1) is 5.69 Å². The van der Waals surface area contributed by atoms with Gasteiger partial charge >= 0.3 is 0 Å². The molecule has 2 heterocycles. The van der Waals surface area contributed by atoms with Crippen LogP contribution in [0.1, 0.15) is 54.1 Å². The Hall–Kier alpha value is -2.99. The molecule has 0 bridgehead atoms. The van der Waals surface area contributed by atoms with Crippen LogP contribution in [0.5, 0.6) is 0 Å². The average molecular weight is 420 g/mol. The lowest BCUT2D eigenvalue weighted by Gasteiger charge is -2.15. The van der Waals surface area contributed by atoms with Gasteiger partial charge in [-0.05, 0) is 35.6 Å². The van der Waals surface area contributed by atoms with Crippen LogP contribution >= 0.6 is 11.3 Å². The van der Waals surface area contributed by atoms with Crippen molar-refractivity contribution in [1.82, 2.24) is 9.88 Å². The number of nitrogens with zero attached hydrogens (tertiary/aromatic N) is 2. The van der Waals surface area contributed by atoms with Crippen molar-refractivity contribution >= 4 is 28.3 Å². The highest BCUT2D eigenvalue weighted by Crippen LogP contribution is 2.27. The Kier molecular flexibility index (Phi) is 5.95. The molecule has 4 rings (SSSR count). The molecule has 2 aromatic carbocycles. The summed E-state index contributed by atoms with van der Waals surface area (Å²) in [6, 6.07) is 15.8. The van der Waals surface area contributed by atoms with Gasteiger partial charge in [-0.25, -0.2) is 4.98 Å². The van der Waals surface area contributed by atoms with Crippen molar-refractivity contribution in [3.05, 3.63) is 70.6 Å². The van der Waals surface area contributed by atoms with Crippen LogP contribution < -0.4 is 5.32 Å². The number of hydrogen-bond acceptors (Lipinski definition) is 4. The fourth-order valence-electron chi connectivity index (χ4n) is 3.57. The molecule has 1 aliphatic heterocycles. The molecule has 0 saturated carbocycles. The number of aromatic nitrogens is 1. The van der Waals surface area contributed by atoms with E-state index in [0.717, 1.165) is 29.8 Å². The second-order valence-electron chi connectivity index (χ2n) is 7.89. The van der Waals surface area contributed by atoms with Crippen LogP contribution in [0.2, 0.25) is 0 Å². The Morgan fingerprint density at radius 1 is 1.20 bits per heavy atom. The molecule has 154 valence electrons. The predicted octanol–water partition coefficient (Wildman–Crippen LogP) is 5.31. The van der Waals surface area contributed by atoms with Crippen molar-refractivity contribution in [3.63, 3.8) is 0 Å². The molecular weight excluding hydrogens is 394 g/mol. The van der Waals surface area contributed by atoms with Crippen molar-refractivity contribution in [2.24, 2.45) is 0 Å². The van der Waals surface area contributed by atoms with Gasteiger partial charge in [0.15, 0.2) is 5.13 Å². The molecule has 1 aliphatic rings. The Balaban J connectivity index is 1.43. The average Bonchev–Trinajstić information content (AvgIpc) is 3.37. The maximum Gasteiger partial charge on any atom is 0.257 e. The quantitative estimate of drug-likeness (QED) is 0.589. The van der Waals surface area contributed by atoms with Gasteiger partial charge in [0.25, 0.3) is 5.91 Å². The molecule has 1 aromatic heterocycles. The zero-order chi connectivity index (χ0) is 21.1. The van der Waals surface area contributed by atoms with Crippen LogP contribution in [0.25, 0.3) is 11.3 Å². The number of rotatable bonds is 6. The third kappa shape index (κ3) is 4.60. The first kappa shape index (κ1) is 20.3. The molecule has 0 spiro atoms. The van der Waals surface area contributed by atoms with E-state index in [0.29, 0.717) is 29.6 Å². The fraction of sp³-hybridized carbons (Fsp3) is 0.292. The monoisotopic (exact) mass is 419 g/mol. The van der Waals surface area contributed by atoms with E-state index in [1.54, 1.807) is 6.07 Å². The number of carbonyl (C=O) groups excluding carboxylic acids is 2.